The van der Waals surface area contributed by atoms with Crippen LogP contribution in [0.4, 0.5) is 5.95 Å². The van der Waals surface area contributed by atoms with Gasteiger partial charge >= 0.3 is 7.60 Å². The molecule has 110 valence electrons. The molecule has 0 bridgehead atoms. The smallest absolute Gasteiger partial charge is 0.369 e. The number of nitrogens with one attached hydrogen (secondary N) is 1. The Labute approximate surface area is 112 Å². The van der Waals surface area contributed by atoms with Gasteiger partial charge in [0.05, 0.1) is 6.33 Å². The minimum Gasteiger partial charge on any atom is -0.369 e. The lowest BCUT2D eigenvalue weighted by atomic mass is 10.5. The fraction of sp³-hybridized carbons (Fsp3) is 0.444. The van der Waals surface area contributed by atoms with E-state index in [2.05, 4.69) is 15.0 Å². The summed E-state index contributed by atoms with van der Waals surface area (Å²) in [6.45, 7) is 1.93. The molecule has 0 aliphatic rings. The fourth-order valence-electron chi connectivity index (χ4n) is 1.67. The predicted molar refractivity (Wildman–Crippen MR) is 69.9 cm³/mol. The van der Waals surface area contributed by atoms with Crippen LogP contribution >= 0.6 is 7.60 Å². The molecule has 0 aromatic carbocycles. The monoisotopic (exact) mass is 303 g/mol. The third-order valence-corrected chi connectivity index (χ3v) is 3.42. The van der Waals surface area contributed by atoms with Crippen molar-refractivity contribution in [2.24, 2.45) is 0 Å². The maximum Gasteiger partial charge on any atom is 0.375 e. The zero-order valence-corrected chi connectivity index (χ0v) is 11.4. The average Bonchev–Trinajstić information content (AvgIpc) is 2.72. The minimum atomic E-state index is -4.62. The van der Waals surface area contributed by atoms with Crippen LogP contribution in [0.3, 0.4) is 0 Å². The highest BCUT2D eigenvalue weighted by Gasteiger charge is 2.33. The molecule has 2 aromatic heterocycles. The van der Waals surface area contributed by atoms with Crippen molar-refractivity contribution < 1.29 is 19.1 Å². The van der Waals surface area contributed by atoms with Gasteiger partial charge in [-0.05, 0) is 6.42 Å². The van der Waals surface area contributed by atoms with Crippen LogP contribution in [0.5, 0.6) is 0 Å². The van der Waals surface area contributed by atoms with Crippen molar-refractivity contribution >= 4 is 24.7 Å². The van der Waals surface area contributed by atoms with Crippen molar-refractivity contribution in [3.8, 4) is 0 Å². The quantitative estimate of drug-likeness (QED) is 0.551. The van der Waals surface area contributed by atoms with E-state index in [9.17, 15) is 19.1 Å². The van der Waals surface area contributed by atoms with Gasteiger partial charge in [0.2, 0.25) is 11.9 Å². The number of H-pyrrole nitrogens is 1. The molecule has 0 radical (unpaired) electrons. The summed E-state index contributed by atoms with van der Waals surface area (Å²) in [5.74, 6) is -1.77. The molecular formula is C9H14N5O5P. The maximum atomic E-state index is 11.6. The molecule has 0 amide bonds. The van der Waals surface area contributed by atoms with Crippen molar-refractivity contribution in [2.45, 2.75) is 19.3 Å². The minimum absolute atomic E-state index is 0.0457. The number of ether oxygens (including phenoxy) is 1. The highest BCUT2D eigenvalue weighted by Crippen LogP contribution is 2.50. The van der Waals surface area contributed by atoms with E-state index in [1.165, 1.54) is 0 Å². The van der Waals surface area contributed by atoms with Gasteiger partial charge in [0.15, 0.2) is 11.2 Å². The van der Waals surface area contributed by atoms with Crippen LogP contribution in [-0.4, -0.2) is 35.9 Å². The van der Waals surface area contributed by atoms with Crippen molar-refractivity contribution in [3.05, 3.63) is 16.7 Å². The Morgan fingerprint density at radius 2 is 2.30 bits per heavy atom. The number of anilines is 1. The van der Waals surface area contributed by atoms with E-state index in [1.807, 2.05) is 0 Å². The van der Waals surface area contributed by atoms with E-state index in [1.54, 1.807) is 6.92 Å². The predicted octanol–water partition coefficient (Wildman–Crippen LogP) is -0.238. The van der Waals surface area contributed by atoms with Gasteiger partial charge < -0.3 is 20.3 Å². The first-order valence-corrected chi connectivity index (χ1v) is 7.42. The zero-order chi connectivity index (χ0) is 14.9. The Hall–Kier alpha value is -1.74. The third-order valence-electron chi connectivity index (χ3n) is 2.45. The van der Waals surface area contributed by atoms with Crippen LogP contribution in [0.25, 0.3) is 11.2 Å². The first kappa shape index (κ1) is 14.7. The van der Waals surface area contributed by atoms with E-state index < -0.39 is 19.1 Å². The van der Waals surface area contributed by atoms with Gasteiger partial charge in [-0.15, -0.1) is 0 Å². The molecule has 1 atom stereocenters. The van der Waals surface area contributed by atoms with Gasteiger partial charge in [0.1, 0.15) is 0 Å². The molecule has 5 N–H and O–H groups in total. The van der Waals surface area contributed by atoms with Gasteiger partial charge in [-0.1, -0.05) is 6.92 Å². The third kappa shape index (κ3) is 2.73. The van der Waals surface area contributed by atoms with E-state index in [0.717, 1.165) is 10.9 Å². The molecule has 20 heavy (non-hydrogen) atoms. The molecule has 0 saturated carbocycles. The number of rotatable bonds is 5. The Kier molecular flexibility index (Phi) is 3.91. The van der Waals surface area contributed by atoms with Crippen LogP contribution in [0.15, 0.2) is 11.1 Å². The Morgan fingerprint density at radius 3 is 2.90 bits per heavy atom. The topological polar surface area (TPSA) is 156 Å². The second-order valence-corrected chi connectivity index (χ2v) is 5.68. The Balaban J connectivity index is 2.59. The molecule has 11 heteroatoms. The van der Waals surface area contributed by atoms with Crippen molar-refractivity contribution in [1.82, 2.24) is 19.5 Å². The largest absolute Gasteiger partial charge is 0.375 e. The van der Waals surface area contributed by atoms with E-state index in [0.29, 0.717) is 6.42 Å². The van der Waals surface area contributed by atoms with Crippen molar-refractivity contribution in [3.63, 3.8) is 0 Å². The number of hydrogen-bond donors (Lipinski definition) is 4. The molecule has 0 fully saturated rings. The molecule has 2 heterocycles. The molecular weight excluding hydrogens is 289 g/mol. The van der Waals surface area contributed by atoms with Crippen LogP contribution in [-0.2, 0) is 9.30 Å². The first-order valence-electron chi connectivity index (χ1n) is 5.73. The zero-order valence-electron chi connectivity index (χ0n) is 10.6. The molecule has 1 unspecified atom stereocenters. The van der Waals surface area contributed by atoms with Gasteiger partial charge in [0.25, 0.3) is 5.56 Å². The molecule has 0 spiro atoms. The molecule has 0 aliphatic heterocycles. The summed E-state index contributed by atoms with van der Waals surface area (Å²) in [6, 6.07) is 0. The van der Waals surface area contributed by atoms with Crippen molar-refractivity contribution in [2.75, 3.05) is 12.3 Å². The average molecular weight is 303 g/mol. The standard InChI is InChI=1S/C9H14N5O5P/c1-2-3-19-9(20(16,17)18)14-4-11-5-6(14)12-8(10)13-7(5)15/h4,9H,2-3H2,1H3,(H2,16,17,18)(H3,10,12,13,15). The number of aromatic amines is 1. The van der Waals surface area contributed by atoms with Crippen LogP contribution < -0.4 is 11.3 Å². The molecule has 2 rings (SSSR count). The number of nitrogen functional groups attached to an aromatic ring is 1. The van der Waals surface area contributed by atoms with Gasteiger partial charge in [-0.25, -0.2) is 4.98 Å². The second-order valence-electron chi connectivity index (χ2n) is 4.06. The maximum absolute atomic E-state index is 11.6. The molecule has 10 nitrogen and oxygen atoms in total. The normalized spacial score (nSPS) is 13.8. The fourth-order valence-corrected chi connectivity index (χ4v) is 2.46. The highest BCUT2D eigenvalue weighted by molar-refractivity contribution is 7.51. The number of aromatic nitrogens is 4. The summed E-state index contributed by atoms with van der Waals surface area (Å²) in [5, 5.41) is 0. The van der Waals surface area contributed by atoms with Crippen LogP contribution in [0.2, 0.25) is 0 Å². The molecule has 0 saturated heterocycles. The van der Waals surface area contributed by atoms with Crippen LogP contribution in [0.1, 0.15) is 19.3 Å². The lowest BCUT2D eigenvalue weighted by Gasteiger charge is -2.20. The summed E-state index contributed by atoms with van der Waals surface area (Å²) in [7, 11) is -4.62. The number of nitrogens with zero attached hydrogens (tertiary/aromatic N) is 3. The van der Waals surface area contributed by atoms with Gasteiger partial charge in [-0.3, -0.25) is 18.9 Å². The van der Waals surface area contributed by atoms with Gasteiger partial charge in [0, 0.05) is 6.61 Å². The highest BCUT2D eigenvalue weighted by atomic mass is 31.2. The molecule has 2 aromatic rings. The first-order chi connectivity index (χ1) is 9.34. The van der Waals surface area contributed by atoms with E-state index in [4.69, 9.17) is 10.5 Å². The van der Waals surface area contributed by atoms with E-state index in [-0.39, 0.29) is 23.7 Å². The second kappa shape index (κ2) is 5.33. The van der Waals surface area contributed by atoms with Gasteiger partial charge in [-0.2, -0.15) is 4.98 Å². The summed E-state index contributed by atoms with van der Waals surface area (Å²) in [4.78, 5) is 40.2. The Bertz CT molecular complexity index is 719. The van der Waals surface area contributed by atoms with Crippen molar-refractivity contribution in [1.29, 1.82) is 0 Å². The lowest BCUT2D eigenvalue weighted by Crippen LogP contribution is -2.16. The number of hydrogen-bond acceptors (Lipinski definition) is 6. The molecule has 0 aliphatic carbocycles. The van der Waals surface area contributed by atoms with E-state index >= 15 is 0 Å². The Morgan fingerprint density at radius 1 is 1.60 bits per heavy atom. The number of fused-ring (bicyclic) bond motifs is 1. The summed E-state index contributed by atoms with van der Waals surface area (Å²) < 4.78 is 17.7. The number of imidazole rings is 1. The summed E-state index contributed by atoms with van der Waals surface area (Å²) in [5.41, 5.74) is 4.71. The number of nitrogens with two attached hydrogens (primary N) is 1. The SMILES string of the molecule is CCCOC(n1cnc2c(=O)[nH]c(N)nc21)P(=O)(O)O. The van der Waals surface area contributed by atoms with Crippen LogP contribution in [0, 0.1) is 0 Å². The summed E-state index contributed by atoms with van der Waals surface area (Å²) >= 11 is 0. The summed E-state index contributed by atoms with van der Waals surface area (Å²) in [6.07, 6.45) is 1.66. The lowest BCUT2D eigenvalue weighted by molar-refractivity contribution is 0.0440.